The average Bonchev–Trinajstić information content (AvgIpc) is 3.49. The number of ether oxygens (including phenoxy) is 1. The van der Waals surface area contributed by atoms with E-state index in [0.717, 1.165) is 4.57 Å². The summed E-state index contributed by atoms with van der Waals surface area (Å²) in [6, 6.07) is 5.42. The van der Waals surface area contributed by atoms with Gasteiger partial charge in [0.2, 0.25) is 11.6 Å². The molecule has 0 amide bonds. The SMILES string of the molecule is COCCn1c(N)c(C(=O)CN2CCN(c3oc(-c4ccco4)nc3C#N)CC2)c(=O)[nH]c1=O. The first kappa shape index (κ1) is 23.0. The number of ketones is 1. The molecule has 4 rings (SSSR count). The first-order valence-electron chi connectivity index (χ1n) is 10.5. The molecule has 0 aliphatic carbocycles. The Morgan fingerprint density at radius 1 is 1.32 bits per heavy atom. The number of furan rings is 1. The third kappa shape index (κ3) is 4.49. The normalized spacial score (nSPS) is 14.3. The van der Waals surface area contributed by atoms with E-state index < -0.39 is 17.0 Å². The van der Waals surface area contributed by atoms with Gasteiger partial charge in [-0.05, 0) is 12.1 Å². The lowest BCUT2D eigenvalue weighted by Gasteiger charge is -2.34. The zero-order chi connectivity index (χ0) is 24.2. The number of nitrogens with one attached hydrogen (secondary N) is 1. The molecule has 1 aliphatic heterocycles. The van der Waals surface area contributed by atoms with Gasteiger partial charge >= 0.3 is 5.69 Å². The number of oxazole rings is 1. The van der Waals surface area contributed by atoms with Crippen LogP contribution in [0.1, 0.15) is 16.1 Å². The Morgan fingerprint density at radius 3 is 2.74 bits per heavy atom. The number of hydrogen-bond donors (Lipinski definition) is 2. The number of rotatable bonds is 8. The third-order valence-corrected chi connectivity index (χ3v) is 5.51. The van der Waals surface area contributed by atoms with Crippen LogP contribution < -0.4 is 21.9 Å². The van der Waals surface area contributed by atoms with Gasteiger partial charge in [-0.15, -0.1) is 0 Å². The lowest BCUT2D eigenvalue weighted by Crippen LogP contribution is -2.49. The zero-order valence-corrected chi connectivity index (χ0v) is 18.4. The second-order valence-corrected chi connectivity index (χ2v) is 7.61. The molecule has 178 valence electrons. The van der Waals surface area contributed by atoms with Crippen molar-refractivity contribution in [2.75, 3.05) is 57.1 Å². The van der Waals surface area contributed by atoms with Crippen LogP contribution in [0.5, 0.6) is 0 Å². The van der Waals surface area contributed by atoms with Gasteiger partial charge in [0.15, 0.2) is 11.5 Å². The van der Waals surface area contributed by atoms with Crippen LogP contribution in [-0.2, 0) is 11.3 Å². The van der Waals surface area contributed by atoms with Gasteiger partial charge in [-0.2, -0.15) is 10.2 Å². The summed E-state index contributed by atoms with van der Waals surface area (Å²) in [5.41, 5.74) is 4.38. The molecule has 3 N–H and O–H groups in total. The second-order valence-electron chi connectivity index (χ2n) is 7.61. The van der Waals surface area contributed by atoms with Crippen molar-refractivity contribution < 1.29 is 18.4 Å². The van der Waals surface area contributed by atoms with E-state index in [4.69, 9.17) is 19.3 Å². The number of nitrogens with two attached hydrogens (primary N) is 1. The molecule has 0 radical (unpaired) electrons. The van der Waals surface area contributed by atoms with Gasteiger partial charge in [-0.25, -0.2) is 4.79 Å². The smallest absolute Gasteiger partial charge is 0.330 e. The molecule has 1 aliphatic rings. The molecular weight excluding hydrogens is 446 g/mol. The summed E-state index contributed by atoms with van der Waals surface area (Å²) in [4.78, 5) is 47.3. The van der Waals surface area contributed by atoms with E-state index in [1.807, 2.05) is 15.9 Å². The van der Waals surface area contributed by atoms with Crippen LogP contribution in [-0.4, -0.2) is 71.7 Å². The molecular formula is C21H23N7O6. The molecule has 13 nitrogen and oxygen atoms in total. The first-order chi connectivity index (χ1) is 16.4. The number of piperazine rings is 1. The summed E-state index contributed by atoms with van der Waals surface area (Å²) in [5.74, 6) is 0.302. The van der Waals surface area contributed by atoms with Crippen molar-refractivity contribution in [3.8, 4) is 17.7 Å². The van der Waals surface area contributed by atoms with Crippen molar-refractivity contribution >= 4 is 17.5 Å². The molecule has 0 saturated carbocycles. The quantitative estimate of drug-likeness (QED) is 0.421. The number of anilines is 2. The number of nitrogen functional groups attached to an aromatic ring is 1. The third-order valence-electron chi connectivity index (χ3n) is 5.51. The van der Waals surface area contributed by atoms with Crippen molar-refractivity contribution in [3.63, 3.8) is 0 Å². The summed E-state index contributed by atoms with van der Waals surface area (Å²) in [6.45, 7) is 2.11. The van der Waals surface area contributed by atoms with E-state index in [0.29, 0.717) is 37.8 Å². The monoisotopic (exact) mass is 469 g/mol. The minimum absolute atomic E-state index is 0.0528. The Hall–Kier alpha value is -4.15. The number of Topliss-reactive ketones (excluding diaryl/α,β-unsaturated/α-hetero) is 1. The van der Waals surface area contributed by atoms with E-state index in [1.54, 1.807) is 12.1 Å². The topological polar surface area (TPSA) is 177 Å². The Morgan fingerprint density at radius 2 is 2.09 bits per heavy atom. The van der Waals surface area contributed by atoms with Gasteiger partial charge in [0.1, 0.15) is 17.5 Å². The molecule has 0 unspecified atom stereocenters. The number of carbonyl (C=O) groups is 1. The lowest BCUT2D eigenvalue weighted by molar-refractivity contribution is 0.0924. The maximum atomic E-state index is 12.9. The molecule has 34 heavy (non-hydrogen) atoms. The van der Waals surface area contributed by atoms with Crippen LogP contribution in [0, 0.1) is 11.3 Å². The molecule has 13 heteroatoms. The number of nitrogens with zero attached hydrogens (tertiary/aromatic N) is 5. The molecule has 3 aromatic heterocycles. The highest BCUT2D eigenvalue weighted by molar-refractivity contribution is 6.01. The number of aromatic amines is 1. The molecule has 1 saturated heterocycles. The number of carbonyl (C=O) groups excluding carboxylic acids is 1. The van der Waals surface area contributed by atoms with Gasteiger partial charge < -0.3 is 24.2 Å². The Kier molecular flexibility index (Phi) is 6.62. The van der Waals surface area contributed by atoms with Crippen LogP contribution in [0.2, 0.25) is 0 Å². The number of hydrogen-bond acceptors (Lipinski definition) is 11. The standard InChI is InChI=1S/C21H23N7O6/c1-32-10-8-28-17(23)16(18(30)25-21(28)31)14(29)12-26-4-6-27(7-5-26)20-13(11-22)24-19(34-20)15-3-2-9-33-15/h2-3,9H,4-8,10,12,23H2,1H3,(H,25,30,31). The minimum Gasteiger partial charge on any atom is -0.459 e. The number of nitriles is 1. The number of aromatic nitrogens is 3. The maximum absolute atomic E-state index is 12.9. The summed E-state index contributed by atoms with van der Waals surface area (Å²) in [6.07, 6.45) is 1.49. The van der Waals surface area contributed by atoms with Crippen molar-refractivity contribution in [2.24, 2.45) is 0 Å². The predicted octanol–water partition coefficient (Wildman–Crippen LogP) is -0.110. The van der Waals surface area contributed by atoms with Gasteiger partial charge in [0.05, 0.1) is 26.0 Å². The Labute approximate surface area is 192 Å². The molecule has 0 bridgehead atoms. The summed E-state index contributed by atoms with van der Waals surface area (Å²) in [5, 5.41) is 9.44. The summed E-state index contributed by atoms with van der Waals surface area (Å²) >= 11 is 0. The van der Waals surface area contributed by atoms with E-state index in [1.165, 1.54) is 13.4 Å². The van der Waals surface area contributed by atoms with Crippen LogP contribution in [0.15, 0.2) is 36.8 Å². The average molecular weight is 469 g/mol. The Bertz CT molecular complexity index is 1320. The Balaban J connectivity index is 1.44. The lowest BCUT2D eigenvalue weighted by atomic mass is 10.1. The fourth-order valence-electron chi connectivity index (χ4n) is 3.76. The van der Waals surface area contributed by atoms with Gasteiger partial charge in [-0.1, -0.05) is 0 Å². The molecule has 3 aromatic rings. The second kappa shape index (κ2) is 9.77. The highest BCUT2D eigenvalue weighted by atomic mass is 16.5. The van der Waals surface area contributed by atoms with Crippen LogP contribution >= 0.6 is 0 Å². The minimum atomic E-state index is -0.814. The summed E-state index contributed by atoms with van der Waals surface area (Å²) in [7, 11) is 1.47. The van der Waals surface area contributed by atoms with Gasteiger partial charge in [0, 0.05) is 33.3 Å². The highest BCUT2D eigenvalue weighted by Gasteiger charge is 2.27. The van der Waals surface area contributed by atoms with Crippen LogP contribution in [0.4, 0.5) is 11.7 Å². The number of methoxy groups -OCH3 is 1. The summed E-state index contributed by atoms with van der Waals surface area (Å²) < 4.78 is 17.1. The maximum Gasteiger partial charge on any atom is 0.330 e. The van der Waals surface area contributed by atoms with Gasteiger partial charge in [-0.3, -0.25) is 24.0 Å². The van der Waals surface area contributed by atoms with E-state index >= 15 is 0 Å². The van der Waals surface area contributed by atoms with Crippen LogP contribution in [0.3, 0.4) is 0 Å². The van der Waals surface area contributed by atoms with E-state index in [-0.39, 0.29) is 42.7 Å². The fourth-order valence-corrected chi connectivity index (χ4v) is 3.76. The predicted molar refractivity (Wildman–Crippen MR) is 120 cm³/mol. The van der Waals surface area contributed by atoms with Gasteiger partial charge in [0.25, 0.3) is 11.4 Å². The molecule has 0 aromatic carbocycles. The van der Waals surface area contributed by atoms with Crippen molar-refractivity contribution in [1.82, 2.24) is 19.4 Å². The fraction of sp³-hybridized carbons (Fsp3) is 0.381. The zero-order valence-electron chi connectivity index (χ0n) is 18.4. The first-order valence-corrected chi connectivity index (χ1v) is 10.5. The molecule has 1 fully saturated rings. The molecule has 4 heterocycles. The largest absolute Gasteiger partial charge is 0.459 e. The van der Waals surface area contributed by atoms with Crippen molar-refractivity contribution in [1.29, 1.82) is 5.26 Å². The van der Waals surface area contributed by atoms with Crippen LogP contribution in [0.25, 0.3) is 11.7 Å². The molecule has 0 spiro atoms. The van der Waals surface area contributed by atoms with E-state index in [2.05, 4.69) is 9.97 Å². The van der Waals surface area contributed by atoms with Crippen molar-refractivity contribution in [3.05, 3.63) is 50.5 Å². The highest BCUT2D eigenvalue weighted by Crippen LogP contribution is 2.29. The molecule has 0 atom stereocenters. The van der Waals surface area contributed by atoms with E-state index in [9.17, 15) is 19.6 Å². The number of H-pyrrole nitrogens is 1. The van der Waals surface area contributed by atoms with Crippen molar-refractivity contribution in [2.45, 2.75) is 6.54 Å².